The number of hydrogen-bond acceptors (Lipinski definition) is 3. The van der Waals surface area contributed by atoms with Crippen LogP contribution in [0.4, 0.5) is 0 Å². The van der Waals surface area contributed by atoms with Crippen molar-refractivity contribution in [3.63, 3.8) is 0 Å². The van der Waals surface area contributed by atoms with Crippen molar-refractivity contribution in [3.8, 4) is 5.75 Å². The average Bonchev–Trinajstić information content (AvgIpc) is 2.45. The average molecular weight is 356 g/mol. The highest BCUT2D eigenvalue weighted by atomic mass is 79.9. The van der Waals surface area contributed by atoms with Crippen LogP contribution in [0.2, 0.25) is 0 Å². The molecule has 116 valence electrons. The quantitative estimate of drug-likeness (QED) is 0.664. The highest BCUT2D eigenvalue weighted by molar-refractivity contribution is 9.10. The second kappa shape index (κ2) is 7.66. The van der Waals surface area contributed by atoms with E-state index < -0.39 is 0 Å². The molecule has 2 N–H and O–H groups in total. The molecule has 2 rings (SSSR count). The predicted molar refractivity (Wildman–Crippen MR) is 87.7 cm³/mol. The maximum Gasteiger partial charge on any atom is 0.191 e. The van der Waals surface area contributed by atoms with E-state index in [1.54, 1.807) is 0 Å². The summed E-state index contributed by atoms with van der Waals surface area (Å²) in [6, 6.07) is 7.78. The first-order valence-corrected chi connectivity index (χ1v) is 7.92. The Kier molecular flexibility index (Phi) is 5.87. The first-order valence-electron chi connectivity index (χ1n) is 7.13. The molecule has 6 heteroatoms. The van der Waals surface area contributed by atoms with Gasteiger partial charge in [0.25, 0.3) is 0 Å². The Labute approximate surface area is 134 Å². The van der Waals surface area contributed by atoms with Crippen LogP contribution in [0.1, 0.15) is 13.8 Å². The maximum absolute atomic E-state index is 6.03. The number of guanidine groups is 1. The van der Waals surface area contributed by atoms with Crippen LogP contribution in [0.5, 0.6) is 5.75 Å². The van der Waals surface area contributed by atoms with E-state index >= 15 is 0 Å². The molecule has 1 fully saturated rings. The van der Waals surface area contributed by atoms with Crippen LogP contribution < -0.4 is 10.5 Å². The van der Waals surface area contributed by atoms with Crippen molar-refractivity contribution >= 4 is 21.9 Å². The van der Waals surface area contributed by atoms with Crippen molar-refractivity contribution in [2.24, 2.45) is 10.7 Å². The third-order valence-corrected chi connectivity index (χ3v) is 3.70. The van der Waals surface area contributed by atoms with E-state index in [1.807, 2.05) is 38.1 Å². The fourth-order valence-electron chi connectivity index (χ4n) is 2.16. The minimum atomic E-state index is -0.0312. The standard InChI is InChI=1S/C15H22BrN3O2/c1-11(21-14-5-3-4-13(16)8-14)9-18-15(17)19-6-7-20-12(2)10-19/h3-5,8,11-12H,6-7,9-10H2,1-2H3,(H2,17,18). The number of benzene rings is 1. The number of morpholine rings is 1. The molecule has 1 aliphatic rings. The summed E-state index contributed by atoms with van der Waals surface area (Å²) in [5, 5.41) is 0. The molecule has 5 nitrogen and oxygen atoms in total. The van der Waals surface area contributed by atoms with Gasteiger partial charge in [-0.05, 0) is 32.0 Å². The van der Waals surface area contributed by atoms with Crippen LogP contribution in [0.3, 0.4) is 0 Å². The van der Waals surface area contributed by atoms with Crippen LogP contribution >= 0.6 is 15.9 Å². The number of aliphatic imine (C=N–C) groups is 1. The summed E-state index contributed by atoms with van der Waals surface area (Å²) >= 11 is 3.43. The minimum absolute atomic E-state index is 0.0312. The third kappa shape index (κ3) is 5.21. The number of halogens is 1. The molecule has 1 saturated heterocycles. The molecule has 21 heavy (non-hydrogen) atoms. The lowest BCUT2D eigenvalue weighted by Gasteiger charge is -2.32. The lowest BCUT2D eigenvalue weighted by molar-refractivity contribution is 0.00525. The molecule has 0 aliphatic carbocycles. The zero-order chi connectivity index (χ0) is 15.2. The molecule has 0 spiro atoms. The molecule has 0 saturated carbocycles. The topological polar surface area (TPSA) is 60.1 Å². The Hall–Kier alpha value is -1.27. The Morgan fingerprint density at radius 2 is 2.43 bits per heavy atom. The van der Waals surface area contributed by atoms with Gasteiger partial charge in [0.15, 0.2) is 5.96 Å². The molecule has 0 bridgehead atoms. The molecule has 0 aromatic heterocycles. The molecule has 0 radical (unpaired) electrons. The molecule has 2 atom stereocenters. The zero-order valence-corrected chi connectivity index (χ0v) is 14.0. The number of rotatable bonds is 4. The first-order chi connectivity index (χ1) is 10.0. The second-order valence-corrected chi connectivity index (χ2v) is 6.13. The molecular formula is C15H22BrN3O2. The lowest BCUT2D eigenvalue weighted by atomic mass is 10.3. The summed E-state index contributed by atoms with van der Waals surface area (Å²) in [5.41, 5.74) is 6.03. The van der Waals surface area contributed by atoms with Gasteiger partial charge in [-0.25, -0.2) is 4.99 Å². The maximum atomic E-state index is 6.03. The zero-order valence-electron chi connectivity index (χ0n) is 12.5. The third-order valence-electron chi connectivity index (χ3n) is 3.21. The Bertz CT molecular complexity index is 496. The van der Waals surface area contributed by atoms with E-state index in [0.29, 0.717) is 19.1 Å². The van der Waals surface area contributed by atoms with E-state index in [4.69, 9.17) is 15.2 Å². The van der Waals surface area contributed by atoms with E-state index in [1.165, 1.54) is 0 Å². The molecule has 1 aromatic carbocycles. The summed E-state index contributed by atoms with van der Waals surface area (Å²) < 4.78 is 12.3. The molecular weight excluding hydrogens is 334 g/mol. The highest BCUT2D eigenvalue weighted by Gasteiger charge is 2.18. The Morgan fingerprint density at radius 3 is 3.14 bits per heavy atom. The molecule has 1 heterocycles. The number of ether oxygens (including phenoxy) is 2. The van der Waals surface area contributed by atoms with Crippen molar-refractivity contribution in [3.05, 3.63) is 28.7 Å². The summed E-state index contributed by atoms with van der Waals surface area (Å²) in [6.45, 7) is 6.83. The lowest BCUT2D eigenvalue weighted by Crippen LogP contribution is -2.48. The highest BCUT2D eigenvalue weighted by Crippen LogP contribution is 2.18. The van der Waals surface area contributed by atoms with Crippen molar-refractivity contribution < 1.29 is 9.47 Å². The van der Waals surface area contributed by atoms with Gasteiger partial charge in [0.05, 0.1) is 19.3 Å². The van der Waals surface area contributed by atoms with Gasteiger partial charge in [0, 0.05) is 17.6 Å². The summed E-state index contributed by atoms with van der Waals surface area (Å²) in [4.78, 5) is 6.48. The van der Waals surface area contributed by atoms with Gasteiger partial charge in [0.2, 0.25) is 0 Å². The number of nitrogens with zero attached hydrogens (tertiary/aromatic N) is 2. The van der Waals surface area contributed by atoms with Gasteiger partial charge < -0.3 is 20.1 Å². The normalized spacial score (nSPS) is 21.2. The summed E-state index contributed by atoms with van der Waals surface area (Å²) in [5.74, 6) is 1.39. The van der Waals surface area contributed by atoms with Crippen LogP contribution in [-0.2, 0) is 4.74 Å². The van der Waals surface area contributed by atoms with Gasteiger partial charge in [-0.3, -0.25) is 0 Å². The van der Waals surface area contributed by atoms with E-state index in [9.17, 15) is 0 Å². The van der Waals surface area contributed by atoms with Crippen molar-refractivity contribution in [1.82, 2.24) is 4.90 Å². The van der Waals surface area contributed by atoms with E-state index in [-0.39, 0.29) is 12.2 Å². The van der Waals surface area contributed by atoms with Crippen molar-refractivity contribution in [2.75, 3.05) is 26.2 Å². The summed E-state index contributed by atoms with van der Waals surface area (Å²) in [6.07, 6.45) is 0.166. The van der Waals surface area contributed by atoms with Crippen LogP contribution in [-0.4, -0.2) is 49.3 Å². The van der Waals surface area contributed by atoms with E-state index in [0.717, 1.165) is 23.3 Å². The van der Waals surface area contributed by atoms with Crippen molar-refractivity contribution in [2.45, 2.75) is 26.1 Å². The molecule has 1 aliphatic heterocycles. The van der Waals surface area contributed by atoms with Crippen LogP contribution in [0, 0.1) is 0 Å². The van der Waals surface area contributed by atoms with Gasteiger partial charge in [-0.15, -0.1) is 0 Å². The SMILES string of the molecule is CC1CN(C(N)=NCC(C)Oc2cccc(Br)c2)CCO1. The van der Waals surface area contributed by atoms with Crippen molar-refractivity contribution in [1.29, 1.82) is 0 Å². The van der Waals surface area contributed by atoms with Gasteiger partial charge in [-0.1, -0.05) is 22.0 Å². The monoisotopic (exact) mass is 355 g/mol. The fraction of sp³-hybridized carbons (Fsp3) is 0.533. The number of hydrogen-bond donors (Lipinski definition) is 1. The van der Waals surface area contributed by atoms with Crippen LogP contribution in [0.15, 0.2) is 33.7 Å². The first kappa shape index (κ1) is 16.1. The minimum Gasteiger partial charge on any atom is -0.489 e. The number of nitrogens with two attached hydrogens (primary N) is 1. The van der Waals surface area contributed by atoms with Gasteiger partial charge in [-0.2, -0.15) is 0 Å². The fourth-order valence-corrected chi connectivity index (χ4v) is 2.54. The Morgan fingerprint density at radius 1 is 1.62 bits per heavy atom. The van der Waals surface area contributed by atoms with E-state index in [2.05, 4.69) is 25.8 Å². The largest absolute Gasteiger partial charge is 0.489 e. The van der Waals surface area contributed by atoms with Gasteiger partial charge >= 0.3 is 0 Å². The molecule has 0 amide bonds. The van der Waals surface area contributed by atoms with Gasteiger partial charge in [0.1, 0.15) is 11.9 Å². The molecule has 2 unspecified atom stereocenters. The second-order valence-electron chi connectivity index (χ2n) is 5.21. The van der Waals surface area contributed by atoms with Crippen LogP contribution in [0.25, 0.3) is 0 Å². The predicted octanol–water partition coefficient (Wildman–Crippen LogP) is 2.25. The smallest absolute Gasteiger partial charge is 0.191 e. The Balaban J connectivity index is 1.84. The summed E-state index contributed by atoms with van der Waals surface area (Å²) in [7, 11) is 0. The molecule has 1 aromatic rings.